The van der Waals surface area contributed by atoms with Crippen LogP contribution in [0, 0.1) is 6.92 Å². The minimum Gasteiger partial charge on any atom is -0.354 e. The molecule has 14 heteroatoms. The highest BCUT2D eigenvalue weighted by atomic mass is 32.1. The van der Waals surface area contributed by atoms with Crippen molar-refractivity contribution in [3.63, 3.8) is 0 Å². The lowest BCUT2D eigenvalue weighted by Crippen LogP contribution is -2.53. The Morgan fingerprint density at radius 2 is 1.71 bits per heavy atom. The van der Waals surface area contributed by atoms with Gasteiger partial charge in [0.25, 0.3) is 5.91 Å². The Bertz CT molecular complexity index is 2200. The summed E-state index contributed by atoms with van der Waals surface area (Å²) in [4.78, 5) is 56.5. The van der Waals surface area contributed by atoms with Crippen LogP contribution in [0.2, 0.25) is 0 Å². The second kappa shape index (κ2) is 12.8. The Labute approximate surface area is 294 Å². The maximum Gasteiger partial charge on any atom is 0.433 e. The topological polar surface area (TPSA) is 112 Å². The zero-order valence-electron chi connectivity index (χ0n) is 27.5. The third-order valence-electron chi connectivity index (χ3n) is 9.70. The van der Waals surface area contributed by atoms with E-state index in [0.717, 1.165) is 38.5 Å². The van der Waals surface area contributed by atoms with E-state index in [4.69, 9.17) is 0 Å². The molecule has 3 aromatic carbocycles. The third-order valence-corrected chi connectivity index (χ3v) is 10.6. The molecule has 2 fully saturated rings. The predicted molar refractivity (Wildman–Crippen MR) is 187 cm³/mol. The first-order valence-electron chi connectivity index (χ1n) is 16.7. The fourth-order valence-electron chi connectivity index (χ4n) is 7.15. The van der Waals surface area contributed by atoms with Crippen LogP contribution < -0.4 is 15.1 Å². The Morgan fingerprint density at radius 3 is 2.41 bits per heavy atom. The number of rotatable bonds is 7. The first-order valence-corrected chi connectivity index (χ1v) is 17.5. The number of anilines is 2. The summed E-state index contributed by atoms with van der Waals surface area (Å²) in [6.07, 6.45) is -1.96. The molecule has 3 amide bonds. The van der Waals surface area contributed by atoms with Crippen LogP contribution in [0.1, 0.15) is 50.6 Å². The Hall–Kier alpha value is -5.21. The molecule has 8 rings (SSSR count). The molecule has 1 unspecified atom stereocenters. The van der Waals surface area contributed by atoms with E-state index in [1.807, 2.05) is 29.2 Å². The van der Waals surface area contributed by atoms with Crippen LogP contribution in [-0.4, -0.2) is 69.8 Å². The number of nitrogens with one attached hydrogen (secondary N) is 1. The summed E-state index contributed by atoms with van der Waals surface area (Å²) < 4.78 is 41.2. The molecule has 10 nitrogen and oxygen atoms in total. The molecule has 0 saturated carbocycles. The van der Waals surface area contributed by atoms with Crippen molar-refractivity contribution < 1.29 is 27.6 Å². The van der Waals surface area contributed by atoms with Gasteiger partial charge in [-0.25, -0.2) is 15.0 Å². The van der Waals surface area contributed by atoms with Crippen LogP contribution in [0.15, 0.2) is 66.9 Å². The van der Waals surface area contributed by atoms with E-state index in [-0.39, 0.29) is 36.3 Å². The quantitative estimate of drug-likeness (QED) is 0.212. The Morgan fingerprint density at radius 1 is 0.941 bits per heavy atom. The van der Waals surface area contributed by atoms with Gasteiger partial charge in [0.05, 0.1) is 15.6 Å². The van der Waals surface area contributed by atoms with Gasteiger partial charge in [0, 0.05) is 62.4 Å². The van der Waals surface area contributed by atoms with Crippen LogP contribution in [0.3, 0.4) is 0 Å². The average Bonchev–Trinajstić information content (AvgIpc) is 3.68. The van der Waals surface area contributed by atoms with Crippen molar-refractivity contribution >= 4 is 51.3 Å². The minimum atomic E-state index is -4.59. The second-order valence-corrected chi connectivity index (χ2v) is 14.3. The standard InChI is InChI=1S/C37H32F3N7O3S/c1-21-41-19-29(51-21)34-42-30(37(38,39)40)18-31(43-34)46-15-13-45(14-16-46)20-23-7-5-22(6-8-23)17-24-9-10-27-33-25(24)3-2-4-26(33)36(50)47(27)28-11-12-32(48)44-35(28)49/h2-10,18-19,28H,11-17,20H2,1H3,(H,44,48,49). The molecule has 1 N–H and O–H groups in total. The number of halogens is 3. The van der Waals surface area contributed by atoms with Crippen LogP contribution in [0.4, 0.5) is 24.7 Å². The normalized spacial score (nSPS) is 18.2. The van der Waals surface area contributed by atoms with Gasteiger partial charge in [-0.15, -0.1) is 11.3 Å². The number of hydrogen-bond donors (Lipinski definition) is 1. The van der Waals surface area contributed by atoms with Crippen molar-refractivity contribution in [3.05, 3.63) is 99.8 Å². The van der Waals surface area contributed by atoms with E-state index in [1.165, 1.54) is 22.4 Å². The maximum atomic E-state index is 13.7. The summed E-state index contributed by atoms with van der Waals surface area (Å²) >= 11 is 1.26. The first kappa shape index (κ1) is 33.0. The molecule has 2 saturated heterocycles. The maximum absolute atomic E-state index is 13.7. The lowest BCUT2D eigenvalue weighted by Gasteiger charge is -2.35. The molecule has 5 aromatic rings. The van der Waals surface area contributed by atoms with Crippen molar-refractivity contribution in [3.8, 4) is 10.7 Å². The summed E-state index contributed by atoms with van der Waals surface area (Å²) in [6.45, 7) is 4.88. The monoisotopic (exact) mass is 711 g/mol. The van der Waals surface area contributed by atoms with Gasteiger partial charge in [0.2, 0.25) is 11.8 Å². The number of carbonyl (C=O) groups is 3. The number of carbonyl (C=O) groups excluding carboxylic acids is 3. The first-order chi connectivity index (χ1) is 24.5. The number of nitrogens with zero attached hydrogens (tertiary/aromatic N) is 6. The van der Waals surface area contributed by atoms with E-state index in [1.54, 1.807) is 13.0 Å². The highest BCUT2D eigenvalue weighted by Gasteiger charge is 2.41. The van der Waals surface area contributed by atoms with Crippen LogP contribution in [-0.2, 0) is 28.7 Å². The van der Waals surface area contributed by atoms with Crippen molar-refractivity contribution in [2.24, 2.45) is 0 Å². The number of piperazine rings is 1. The van der Waals surface area contributed by atoms with Crippen molar-refractivity contribution in [1.29, 1.82) is 0 Å². The fourth-order valence-corrected chi connectivity index (χ4v) is 7.86. The minimum absolute atomic E-state index is 0.0349. The number of amides is 3. The van der Waals surface area contributed by atoms with Crippen LogP contribution in [0.25, 0.3) is 21.5 Å². The molecular formula is C37H32F3N7O3S. The molecular weight excluding hydrogens is 680 g/mol. The number of hydrogen-bond acceptors (Lipinski definition) is 9. The molecule has 0 aliphatic carbocycles. The molecule has 1 atom stereocenters. The highest BCUT2D eigenvalue weighted by Crippen LogP contribution is 2.41. The number of thiazole rings is 1. The van der Waals surface area contributed by atoms with Crippen LogP contribution in [0.5, 0.6) is 0 Å². The molecule has 0 bridgehead atoms. The fraction of sp³-hybridized carbons (Fsp3) is 0.297. The zero-order chi connectivity index (χ0) is 35.4. The Kier molecular flexibility index (Phi) is 8.30. The summed E-state index contributed by atoms with van der Waals surface area (Å²) in [5, 5.41) is 4.87. The van der Waals surface area contributed by atoms with Gasteiger partial charge in [-0.3, -0.25) is 29.5 Å². The smallest absolute Gasteiger partial charge is 0.354 e. The number of benzene rings is 3. The lowest BCUT2D eigenvalue weighted by molar-refractivity contribution is -0.141. The van der Waals surface area contributed by atoms with Gasteiger partial charge in [0.1, 0.15) is 11.9 Å². The number of aryl methyl sites for hydroxylation is 1. The van der Waals surface area contributed by atoms with E-state index in [0.29, 0.717) is 55.3 Å². The second-order valence-electron chi connectivity index (χ2n) is 13.0. The van der Waals surface area contributed by atoms with Gasteiger partial charge < -0.3 is 4.90 Å². The number of aromatic nitrogens is 3. The van der Waals surface area contributed by atoms with Gasteiger partial charge in [-0.05, 0) is 54.0 Å². The Balaban J connectivity index is 0.935. The molecule has 51 heavy (non-hydrogen) atoms. The van der Waals surface area contributed by atoms with E-state index in [2.05, 4.69) is 49.4 Å². The van der Waals surface area contributed by atoms with Crippen molar-refractivity contribution in [2.75, 3.05) is 36.0 Å². The van der Waals surface area contributed by atoms with Gasteiger partial charge >= 0.3 is 6.18 Å². The summed E-state index contributed by atoms with van der Waals surface area (Å²) in [5.41, 5.74) is 3.57. The van der Waals surface area contributed by atoms with E-state index >= 15 is 0 Å². The van der Waals surface area contributed by atoms with Gasteiger partial charge in [0.15, 0.2) is 11.5 Å². The average molecular weight is 712 g/mol. The van der Waals surface area contributed by atoms with E-state index in [9.17, 15) is 27.6 Å². The highest BCUT2D eigenvalue weighted by molar-refractivity contribution is 7.14. The number of imide groups is 1. The molecule has 0 spiro atoms. The molecule has 260 valence electrons. The molecule has 3 aliphatic rings. The van der Waals surface area contributed by atoms with Crippen LogP contribution >= 0.6 is 11.3 Å². The molecule has 3 aliphatic heterocycles. The molecule has 2 aromatic heterocycles. The van der Waals surface area contributed by atoms with Crippen molar-refractivity contribution in [1.82, 2.24) is 25.2 Å². The zero-order valence-corrected chi connectivity index (χ0v) is 28.4. The van der Waals surface area contributed by atoms with Crippen molar-refractivity contribution in [2.45, 2.75) is 44.9 Å². The summed E-state index contributed by atoms with van der Waals surface area (Å²) in [5.74, 6) is -0.707. The largest absolute Gasteiger partial charge is 0.433 e. The van der Waals surface area contributed by atoms with Gasteiger partial charge in [-0.2, -0.15) is 13.2 Å². The summed E-state index contributed by atoms with van der Waals surface area (Å²) in [7, 11) is 0. The van der Waals surface area contributed by atoms with Gasteiger partial charge in [-0.1, -0.05) is 42.5 Å². The summed E-state index contributed by atoms with van der Waals surface area (Å²) in [6, 6.07) is 18.2. The molecule has 0 radical (unpaired) electrons. The number of piperidine rings is 1. The van der Waals surface area contributed by atoms with E-state index < -0.39 is 23.8 Å². The predicted octanol–water partition coefficient (Wildman–Crippen LogP) is 5.76. The SMILES string of the molecule is Cc1ncc(-c2nc(N3CCN(Cc4ccc(Cc5ccc6c7c(cccc57)C(=O)N6C5CCC(=O)NC5=O)cc4)CC3)cc(C(F)(F)F)n2)s1. The number of alkyl halides is 3. The lowest BCUT2D eigenvalue weighted by atomic mass is 9.95. The molecule has 5 heterocycles. The third kappa shape index (κ3) is 6.33.